The lowest BCUT2D eigenvalue weighted by Gasteiger charge is -2.32. The number of guanidine groups is 1. The number of piperidine rings is 1. The lowest BCUT2D eigenvalue weighted by molar-refractivity contribution is 0.225. The molecule has 1 aliphatic rings. The minimum Gasteiger partial charge on any atom is -0.356 e. The van der Waals surface area contributed by atoms with Crippen LogP contribution in [0, 0.1) is 0 Å². The van der Waals surface area contributed by atoms with Gasteiger partial charge in [0.05, 0.1) is 5.01 Å². The van der Waals surface area contributed by atoms with Crippen LogP contribution in [0.3, 0.4) is 0 Å². The van der Waals surface area contributed by atoms with Crippen LogP contribution in [0.1, 0.15) is 29.7 Å². The molecule has 1 aromatic heterocycles. The van der Waals surface area contributed by atoms with E-state index < -0.39 is 0 Å². The van der Waals surface area contributed by atoms with E-state index in [1.165, 1.54) is 9.88 Å². The van der Waals surface area contributed by atoms with Gasteiger partial charge >= 0.3 is 0 Å². The lowest BCUT2D eigenvalue weighted by atomic mass is 10.1. The Morgan fingerprint density at radius 3 is 2.91 bits per heavy atom. The molecule has 0 amide bonds. The number of hydrogen-bond donors (Lipinski definition) is 2. The normalized spacial score (nSPS) is 17.2. The van der Waals surface area contributed by atoms with Crippen molar-refractivity contribution in [3.8, 4) is 0 Å². The zero-order valence-electron chi connectivity index (χ0n) is 14.3. The third-order valence-electron chi connectivity index (χ3n) is 4.12. The van der Waals surface area contributed by atoms with Crippen molar-refractivity contribution < 1.29 is 0 Å². The fourth-order valence-corrected chi connectivity index (χ4v) is 3.61. The number of nitrogens with zero attached hydrogens (tertiary/aromatic N) is 3. The first-order chi connectivity index (χ1) is 11.2. The molecule has 0 aromatic carbocycles. The van der Waals surface area contributed by atoms with Crippen molar-refractivity contribution in [1.82, 2.24) is 20.5 Å². The van der Waals surface area contributed by atoms with Gasteiger partial charge in [-0.15, -0.1) is 17.9 Å². The summed E-state index contributed by atoms with van der Waals surface area (Å²) >= 11 is 1.81. The smallest absolute Gasteiger partial charge is 0.191 e. The van der Waals surface area contributed by atoms with E-state index in [2.05, 4.69) is 39.0 Å². The van der Waals surface area contributed by atoms with E-state index in [0.29, 0.717) is 6.04 Å². The number of aryl methyl sites for hydroxylation is 1. The summed E-state index contributed by atoms with van der Waals surface area (Å²) in [7, 11) is 1.83. The molecule has 0 aliphatic carbocycles. The first-order valence-electron chi connectivity index (χ1n) is 8.49. The van der Waals surface area contributed by atoms with E-state index in [4.69, 9.17) is 0 Å². The molecule has 0 saturated carbocycles. The summed E-state index contributed by atoms with van der Waals surface area (Å²) in [5, 5.41) is 8.14. The maximum atomic E-state index is 4.46. The second kappa shape index (κ2) is 9.67. The quantitative estimate of drug-likeness (QED) is 0.455. The van der Waals surface area contributed by atoms with Crippen LogP contribution >= 0.6 is 11.3 Å². The summed E-state index contributed by atoms with van der Waals surface area (Å²) in [6.07, 6.45) is 8.30. The predicted octanol–water partition coefficient (Wildman–Crippen LogP) is 2.06. The van der Waals surface area contributed by atoms with Gasteiger partial charge < -0.3 is 10.6 Å². The van der Waals surface area contributed by atoms with Crippen molar-refractivity contribution >= 4 is 17.3 Å². The van der Waals surface area contributed by atoms with Crippen molar-refractivity contribution in [2.24, 2.45) is 4.99 Å². The Morgan fingerprint density at radius 1 is 1.52 bits per heavy atom. The Morgan fingerprint density at radius 2 is 2.30 bits per heavy atom. The van der Waals surface area contributed by atoms with E-state index >= 15 is 0 Å². The Hall–Kier alpha value is -1.40. The van der Waals surface area contributed by atoms with Crippen molar-refractivity contribution in [3.63, 3.8) is 0 Å². The second-order valence-electron chi connectivity index (χ2n) is 5.83. The fourth-order valence-electron chi connectivity index (χ4n) is 2.75. The van der Waals surface area contributed by atoms with Gasteiger partial charge in [0.15, 0.2) is 5.96 Å². The van der Waals surface area contributed by atoms with Crippen LogP contribution in [0.25, 0.3) is 0 Å². The largest absolute Gasteiger partial charge is 0.356 e. The number of aromatic nitrogens is 1. The summed E-state index contributed by atoms with van der Waals surface area (Å²) in [6, 6.07) is 0.508. The fraction of sp³-hybridized carbons (Fsp3) is 0.647. The number of hydrogen-bond acceptors (Lipinski definition) is 4. The Kier molecular flexibility index (Phi) is 7.55. The third kappa shape index (κ3) is 5.95. The number of thiazole rings is 1. The molecular weight excluding hydrogens is 306 g/mol. The molecule has 128 valence electrons. The highest BCUT2D eigenvalue weighted by Gasteiger charge is 2.18. The molecule has 2 N–H and O–H groups in total. The molecule has 0 radical (unpaired) electrons. The van der Waals surface area contributed by atoms with Gasteiger partial charge in [0, 0.05) is 56.8 Å². The van der Waals surface area contributed by atoms with E-state index in [-0.39, 0.29) is 0 Å². The molecule has 2 heterocycles. The Labute approximate surface area is 143 Å². The Balaban J connectivity index is 1.68. The van der Waals surface area contributed by atoms with Crippen LogP contribution < -0.4 is 10.6 Å². The Bertz CT molecular complexity index is 503. The molecular formula is C17H29N5S. The maximum absolute atomic E-state index is 4.46. The summed E-state index contributed by atoms with van der Waals surface area (Å²) in [5.74, 6) is 0.902. The highest BCUT2D eigenvalue weighted by Crippen LogP contribution is 2.13. The number of likely N-dealkylation sites (tertiary alicyclic amines) is 1. The van der Waals surface area contributed by atoms with Crippen LogP contribution in [0.4, 0.5) is 0 Å². The van der Waals surface area contributed by atoms with Gasteiger partial charge in [0.1, 0.15) is 0 Å². The maximum Gasteiger partial charge on any atom is 0.191 e. The minimum atomic E-state index is 0.508. The highest BCUT2D eigenvalue weighted by molar-refractivity contribution is 7.11. The molecule has 23 heavy (non-hydrogen) atoms. The van der Waals surface area contributed by atoms with Crippen molar-refractivity contribution in [2.45, 2.75) is 38.6 Å². The van der Waals surface area contributed by atoms with Gasteiger partial charge in [-0.1, -0.05) is 13.0 Å². The summed E-state index contributed by atoms with van der Waals surface area (Å²) in [4.78, 5) is 12.6. The topological polar surface area (TPSA) is 52.5 Å². The molecule has 1 aliphatic heterocycles. The van der Waals surface area contributed by atoms with Gasteiger partial charge in [-0.2, -0.15) is 0 Å². The zero-order valence-corrected chi connectivity index (χ0v) is 15.2. The molecule has 0 atom stereocenters. The van der Waals surface area contributed by atoms with Crippen LogP contribution in [-0.2, 0) is 12.8 Å². The second-order valence-corrected chi connectivity index (χ2v) is 7.03. The SMILES string of the molecule is C=CCN1CCC(NC(=NC)NCCc2ncc(CC)s2)CC1. The number of aliphatic imine (C=N–C) groups is 1. The van der Waals surface area contributed by atoms with E-state index in [1.807, 2.05) is 30.7 Å². The molecule has 0 bridgehead atoms. The molecule has 6 heteroatoms. The van der Waals surface area contributed by atoms with Crippen molar-refractivity contribution in [2.75, 3.05) is 33.2 Å². The van der Waals surface area contributed by atoms with E-state index in [0.717, 1.165) is 57.8 Å². The van der Waals surface area contributed by atoms with Crippen LogP contribution in [0.2, 0.25) is 0 Å². The van der Waals surface area contributed by atoms with E-state index in [1.54, 1.807) is 0 Å². The van der Waals surface area contributed by atoms with Crippen molar-refractivity contribution in [3.05, 3.63) is 28.7 Å². The molecule has 1 fully saturated rings. The van der Waals surface area contributed by atoms with Crippen LogP contribution in [0.15, 0.2) is 23.8 Å². The minimum absolute atomic E-state index is 0.508. The first kappa shape index (κ1) is 17.9. The number of nitrogens with one attached hydrogen (secondary N) is 2. The third-order valence-corrected chi connectivity index (χ3v) is 5.32. The van der Waals surface area contributed by atoms with Crippen LogP contribution in [-0.4, -0.2) is 55.1 Å². The van der Waals surface area contributed by atoms with Gasteiger partial charge in [-0.25, -0.2) is 4.98 Å². The molecule has 2 rings (SSSR count). The molecule has 0 unspecified atom stereocenters. The van der Waals surface area contributed by atoms with Gasteiger partial charge in [-0.3, -0.25) is 9.89 Å². The monoisotopic (exact) mass is 335 g/mol. The zero-order chi connectivity index (χ0) is 16.5. The predicted molar refractivity (Wildman–Crippen MR) is 99.4 cm³/mol. The lowest BCUT2D eigenvalue weighted by Crippen LogP contribution is -2.49. The molecule has 1 saturated heterocycles. The summed E-state index contributed by atoms with van der Waals surface area (Å²) in [5.41, 5.74) is 0. The van der Waals surface area contributed by atoms with Crippen LogP contribution in [0.5, 0.6) is 0 Å². The standard InChI is InChI=1S/C17H29N5S/c1-4-10-22-11-7-14(8-12-22)21-17(18-3)19-9-6-16-20-13-15(5-2)23-16/h4,13-14H,1,5-12H2,2-3H3,(H2,18,19,21). The molecule has 5 nitrogen and oxygen atoms in total. The average Bonchev–Trinajstić information content (AvgIpc) is 3.04. The summed E-state index contributed by atoms with van der Waals surface area (Å²) in [6.45, 7) is 10.1. The van der Waals surface area contributed by atoms with Crippen molar-refractivity contribution in [1.29, 1.82) is 0 Å². The summed E-state index contributed by atoms with van der Waals surface area (Å²) < 4.78 is 0. The number of rotatable bonds is 7. The molecule has 0 spiro atoms. The van der Waals surface area contributed by atoms with Gasteiger partial charge in [0.2, 0.25) is 0 Å². The van der Waals surface area contributed by atoms with Gasteiger partial charge in [-0.05, 0) is 19.3 Å². The highest BCUT2D eigenvalue weighted by atomic mass is 32.1. The molecule has 1 aromatic rings. The van der Waals surface area contributed by atoms with Gasteiger partial charge in [0.25, 0.3) is 0 Å². The van der Waals surface area contributed by atoms with E-state index in [9.17, 15) is 0 Å². The first-order valence-corrected chi connectivity index (χ1v) is 9.30. The average molecular weight is 336 g/mol.